The van der Waals surface area contributed by atoms with Crippen molar-refractivity contribution in [2.45, 2.75) is 0 Å². The zero-order chi connectivity index (χ0) is 13.1. The SMILES string of the molecule is Clc1ncc(-c2ccccc2)nc1-c1ccccc1. The summed E-state index contributed by atoms with van der Waals surface area (Å²) in [6, 6.07) is 19.8. The Morgan fingerprint density at radius 2 is 1.32 bits per heavy atom. The first-order valence-corrected chi connectivity index (χ1v) is 6.36. The average Bonchev–Trinajstić information content (AvgIpc) is 2.49. The van der Waals surface area contributed by atoms with Gasteiger partial charge in [0.05, 0.1) is 11.9 Å². The molecule has 0 radical (unpaired) electrons. The fourth-order valence-corrected chi connectivity index (χ4v) is 2.10. The summed E-state index contributed by atoms with van der Waals surface area (Å²) in [7, 11) is 0. The van der Waals surface area contributed by atoms with E-state index in [9.17, 15) is 0 Å². The Hall–Kier alpha value is -2.19. The van der Waals surface area contributed by atoms with Crippen LogP contribution >= 0.6 is 11.6 Å². The molecule has 3 rings (SSSR count). The van der Waals surface area contributed by atoms with Crippen LogP contribution in [0, 0.1) is 0 Å². The van der Waals surface area contributed by atoms with Crippen LogP contribution in [0.25, 0.3) is 22.5 Å². The molecule has 0 atom stereocenters. The molecule has 0 saturated carbocycles. The zero-order valence-electron chi connectivity index (χ0n) is 10.1. The van der Waals surface area contributed by atoms with Crippen molar-refractivity contribution in [2.75, 3.05) is 0 Å². The lowest BCUT2D eigenvalue weighted by Crippen LogP contribution is -1.92. The fourth-order valence-electron chi connectivity index (χ4n) is 1.90. The molecule has 0 aliphatic rings. The van der Waals surface area contributed by atoms with E-state index in [1.165, 1.54) is 0 Å². The average molecular weight is 267 g/mol. The van der Waals surface area contributed by atoms with E-state index in [1.807, 2.05) is 60.7 Å². The van der Waals surface area contributed by atoms with Gasteiger partial charge in [-0.25, -0.2) is 9.97 Å². The van der Waals surface area contributed by atoms with E-state index in [0.717, 1.165) is 16.8 Å². The molecule has 1 heterocycles. The fraction of sp³-hybridized carbons (Fsp3) is 0. The van der Waals surface area contributed by atoms with Crippen molar-refractivity contribution >= 4 is 11.6 Å². The second-order valence-electron chi connectivity index (χ2n) is 4.13. The van der Waals surface area contributed by atoms with Crippen molar-refractivity contribution in [3.05, 3.63) is 72.0 Å². The van der Waals surface area contributed by atoms with Gasteiger partial charge in [-0.2, -0.15) is 0 Å². The maximum Gasteiger partial charge on any atom is 0.155 e. The van der Waals surface area contributed by atoms with Crippen LogP contribution in [-0.4, -0.2) is 9.97 Å². The lowest BCUT2D eigenvalue weighted by Gasteiger charge is -2.06. The van der Waals surface area contributed by atoms with Crippen LogP contribution in [0.15, 0.2) is 66.9 Å². The van der Waals surface area contributed by atoms with Gasteiger partial charge < -0.3 is 0 Å². The van der Waals surface area contributed by atoms with Crippen LogP contribution in [0.4, 0.5) is 0 Å². The Morgan fingerprint density at radius 3 is 1.95 bits per heavy atom. The second kappa shape index (κ2) is 5.21. The van der Waals surface area contributed by atoms with E-state index in [4.69, 9.17) is 11.6 Å². The maximum absolute atomic E-state index is 6.14. The lowest BCUT2D eigenvalue weighted by molar-refractivity contribution is 1.21. The highest BCUT2D eigenvalue weighted by Gasteiger charge is 2.08. The van der Waals surface area contributed by atoms with Crippen molar-refractivity contribution in [1.82, 2.24) is 9.97 Å². The minimum absolute atomic E-state index is 0.422. The number of hydrogen-bond donors (Lipinski definition) is 0. The largest absolute Gasteiger partial charge is 0.243 e. The first-order chi connectivity index (χ1) is 9.34. The van der Waals surface area contributed by atoms with Gasteiger partial charge in [0, 0.05) is 11.1 Å². The molecule has 0 spiro atoms. The predicted molar refractivity (Wildman–Crippen MR) is 77.9 cm³/mol. The van der Waals surface area contributed by atoms with Crippen LogP contribution in [0.5, 0.6) is 0 Å². The van der Waals surface area contributed by atoms with Gasteiger partial charge >= 0.3 is 0 Å². The van der Waals surface area contributed by atoms with E-state index < -0.39 is 0 Å². The van der Waals surface area contributed by atoms with Crippen LogP contribution in [0.1, 0.15) is 0 Å². The Morgan fingerprint density at radius 1 is 0.737 bits per heavy atom. The molecular weight excluding hydrogens is 256 g/mol. The standard InChI is InChI=1S/C16H11ClN2/c17-16-15(13-9-5-2-6-10-13)19-14(11-18-16)12-7-3-1-4-8-12/h1-11H. The lowest BCUT2D eigenvalue weighted by atomic mass is 10.1. The second-order valence-corrected chi connectivity index (χ2v) is 4.48. The smallest absolute Gasteiger partial charge is 0.155 e. The highest BCUT2D eigenvalue weighted by atomic mass is 35.5. The molecule has 0 fully saturated rings. The van der Waals surface area contributed by atoms with E-state index in [1.54, 1.807) is 6.20 Å². The molecule has 1 aromatic heterocycles. The van der Waals surface area contributed by atoms with E-state index in [0.29, 0.717) is 10.8 Å². The van der Waals surface area contributed by atoms with Crippen molar-refractivity contribution in [3.8, 4) is 22.5 Å². The van der Waals surface area contributed by atoms with Gasteiger partial charge in [-0.05, 0) is 0 Å². The van der Waals surface area contributed by atoms with Crippen molar-refractivity contribution in [3.63, 3.8) is 0 Å². The molecule has 0 unspecified atom stereocenters. The van der Waals surface area contributed by atoms with E-state index in [2.05, 4.69) is 9.97 Å². The van der Waals surface area contributed by atoms with Gasteiger partial charge in [0.2, 0.25) is 0 Å². The van der Waals surface area contributed by atoms with Gasteiger partial charge in [0.25, 0.3) is 0 Å². The Labute approximate surface area is 116 Å². The third kappa shape index (κ3) is 2.49. The highest BCUT2D eigenvalue weighted by molar-refractivity contribution is 6.31. The molecule has 0 bridgehead atoms. The summed E-state index contributed by atoms with van der Waals surface area (Å²) in [5.41, 5.74) is 3.54. The number of nitrogens with zero attached hydrogens (tertiary/aromatic N) is 2. The summed E-state index contributed by atoms with van der Waals surface area (Å²) >= 11 is 6.14. The molecule has 0 N–H and O–H groups in total. The first-order valence-electron chi connectivity index (χ1n) is 5.98. The van der Waals surface area contributed by atoms with Crippen LogP contribution in [0.2, 0.25) is 5.15 Å². The van der Waals surface area contributed by atoms with Gasteiger partial charge in [-0.1, -0.05) is 72.3 Å². The summed E-state index contributed by atoms with van der Waals surface area (Å²) < 4.78 is 0. The quantitative estimate of drug-likeness (QED) is 0.684. The topological polar surface area (TPSA) is 25.8 Å². The molecule has 0 aliphatic carbocycles. The van der Waals surface area contributed by atoms with E-state index in [-0.39, 0.29) is 0 Å². The van der Waals surface area contributed by atoms with Crippen LogP contribution in [0.3, 0.4) is 0 Å². The van der Waals surface area contributed by atoms with Gasteiger partial charge in [-0.3, -0.25) is 0 Å². The molecular formula is C16H11ClN2. The number of rotatable bonds is 2. The number of halogens is 1. The van der Waals surface area contributed by atoms with Gasteiger partial charge in [0.1, 0.15) is 5.69 Å². The summed E-state index contributed by atoms with van der Waals surface area (Å²) in [5, 5.41) is 0.422. The van der Waals surface area contributed by atoms with Crippen molar-refractivity contribution in [1.29, 1.82) is 0 Å². The summed E-state index contributed by atoms with van der Waals surface area (Å²) in [5.74, 6) is 0. The Balaban J connectivity index is 2.12. The molecule has 0 saturated heterocycles. The van der Waals surface area contributed by atoms with E-state index >= 15 is 0 Å². The number of hydrogen-bond acceptors (Lipinski definition) is 2. The monoisotopic (exact) mass is 266 g/mol. The van der Waals surface area contributed by atoms with Crippen molar-refractivity contribution < 1.29 is 0 Å². The molecule has 2 aromatic carbocycles. The summed E-state index contributed by atoms with van der Waals surface area (Å²) in [4.78, 5) is 8.85. The Bertz CT molecular complexity index is 682. The summed E-state index contributed by atoms with van der Waals surface area (Å²) in [6.07, 6.45) is 1.70. The summed E-state index contributed by atoms with van der Waals surface area (Å²) in [6.45, 7) is 0. The molecule has 2 nitrogen and oxygen atoms in total. The van der Waals surface area contributed by atoms with Crippen LogP contribution < -0.4 is 0 Å². The molecule has 19 heavy (non-hydrogen) atoms. The Kier molecular flexibility index (Phi) is 3.25. The maximum atomic E-state index is 6.14. The van der Waals surface area contributed by atoms with Gasteiger partial charge in [-0.15, -0.1) is 0 Å². The van der Waals surface area contributed by atoms with Crippen molar-refractivity contribution in [2.24, 2.45) is 0 Å². The highest BCUT2D eigenvalue weighted by Crippen LogP contribution is 2.26. The molecule has 0 aliphatic heterocycles. The minimum Gasteiger partial charge on any atom is -0.243 e. The van der Waals surface area contributed by atoms with Crippen LogP contribution in [-0.2, 0) is 0 Å². The minimum atomic E-state index is 0.422. The first kappa shape index (κ1) is 11.9. The molecule has 0 amide bonds. The number of aromatic nitrogens is 2. The predicted octanol–water partition coefficient (Wildman–Crippen LogP) is 4.46. The van der Waals surface area contributed by atoms with Gasteiger partial charge in [0.15, 0.2) is 5.15 Å². The third-order valence-electron chi connectivity index (χ3n) is 2.84. The number of benzene rings is 2. The molecule has 3 heteroatoms. The molecule has 3 aromatic rings. The molecule has 92 valence electrons. The zero-order valence-corrected chi connectivity index (χ0v) is 10.9. The third-order valence-corrected chi connectivity index (χ3v) is 3.12. The normalized spacial score (nSPS) is 10.4.